The van der Waals surface area contributed by atoms with E-state index in [1.165, 1.54) is 25.4 Å². The molecule has 10 heteroatoms. The third-order valence-electron chi connectivity index (χ3n) is 4.06. The summed E-state index contributed by atoms with van der Waals surface area (Å²) in [6.07, 6.45) is 3.00. The number of anilines is 2. The average Bonchev–Trinajstić information content (AvgIpc) is 2.75. The van der Waals surface area contributed by atoms with E-state index in [0.29, 0.717) is 22.8 Å². The van der Waals surface area contributed by atoms with E-state index in [4.69, 9.17) is 4.74 Å². The Kier molecular flexibility index (Phi) is 6.60. The topological polar surface area (TPSA) is 122 Å². The number of aryl methyl sites for hydroxylation is 1. The molecule has 0 unspecified atom stereocenters. The van der Waals surface area contributed by atoms with Gasteiger partial charge in [-0.3, -0.25) is 10.3 Å². The molecule has 2 amide bonds. The summed E-state index contributed by atoms with van der Waals surface area (Å²) in [7, 11) is -2.17. The first-order valence-corrected chi connectivity index (χ1v) is 10.4. The third-order valence-corrected chi connectivity index (χ3v) is 5.47. The van der Waals surface area contributed by atoms with Crippen molar-refractivity contribution in [2.45, 2.75) is 18.4 Å². The number of rotatable bonds is 7. The number of carbonyl (C=O) groups is 1. The Morgan fingerprint density at radius 2 is 1.80 bits per heavy atom. The molecule has 1 heterocycles. The fourth-order valence-corrected chi connectivity index (χ4v) is 3.58. The maximum absolute atomic E-state index is 12.3. The smallest absolute Gasteiger partial charge is 0.324 e. The number of carbonyl (C=O) groups excluding carboxylic acids is 1. The lowest BCUT2D eigenvalue weighted by molar-refractivity contribution is 0.262. The Labute approximate surface area is 174 Å². The number of sulfonamides is 1. The third kappa shape index (κ3) is 5.52. The highest BCUT2D eigenvalue weighted by Crippen LogP contribution is 2.26. The lowest BCUT2D eigenvalue weighted by Crippen LogP contribution is -2.23. The van der Waals surface area contributed by atoms with Gasteiger partial charge in [-0.2, -0.15) is 0 Å². The molecule has 0 radical (unpaired) electrons. The molecule has 0 saturated carbocycles. The summed E-state index contributed by atoms with van der Waals surface area (Å²) in [6.45, 7) is 1.86. The van der Waals surface area contributed by atoms with Crippen LogP contribution in [0.3, 0.4) is 0 Å². The lowest BCUT2D eigenvalue weighted by Gasteiger charge is -2.13. The van der Waals surface area contributed by atoms with Crippen LogP contribution in [-0.4, -0.2) is 31.5 Å². The number of aromatic nitrogens is 2. The summed E-state index contributed by atoms with van der Waals surface area (Å²) in [5.41, 5.74) is 1.83. The van der Waals surface area contributed by atoms with E-state index in [1.807, 2.05) is 0 Å². The molecule has 9 nitrogen and oxygen atoms in total. The monoisotopic (exact) mass is 427 g/mol. The van der Waals surface area contributed by atoms with E-state index in [9.17, 15) is 13.2 Å². The van der Waals surface area contributed by atoms with Crippen LogP contribution in [-0.2, 0) is 16.6 Å². The van der Waals surface area contributed by atoms with E-state index in [1.54, 1.807) is 49.5 Å². The zero-order chi connectivity index (χ0) is 21.6. The minimum Gasteiger partial charge on any atom is -0.495 e. The van der Waals surface area contributed by atoms with E-state index in [-0.39, 0.29) is 11.4 Å². The predicted molar refractivity (Wildman–Crippen MR) is 113 cm³/mol. The number of nitrogens with one attached hydrogen (secondary N) is 3. The Morgan fingerprint density at radius 3 is 2.47 bits per heavy atom. The van der Waals surface area contributed by atoms with Crippen molar-refractivity contribution < 1.29 is 17.9 Å². The van der Waals surface area contributed by atoms with E-state index < -0.39 is 16.1 Å². The van der Waals surface area contributed by atoms with Crippen molar-refractivity contribution >= 4 is 27.6 Å². The highest BCUT2D eigenvalue weighted by Gasteiger charge is 2.14. The summed E-state index contributed by atoms with van der Waals surface area (Å²) >= 11 is 0. The second kappa shape index (κ2) is 9.33. The van der Waals surface area contributed by atoms with Gasteiger partial charge in [0.25, 0.3) is 0 Å². The molecule has 0 bridgehead atoms. The first-order chi connectivity index (χ1) is 14.4. The van der Waals surface area contributed by atoms with Gasteiger partial charge < -0.3 is 10.1 Å². The van der Waals surface area contributed by atoms with Gasteiger partial charge in [-0.25, -0.2) is 22.9 Å². The number of benzene rings is 2. The molecule has 0 aliphatic rings. The SMILES string of the molecule is COc1cc(CNS(=O)(=O)c2ccccc2)ccc1NC(=O)Nc1cnc(C)cn1. The van der Waals surface area contributed by atoms with Crippen molar-refractivity contribution in [3.63, 3.8) is 0 Å². The van der Waals surface area contributed by atoms with Gasteiger partial charge in [0.1, 0.15) is 5.75 Å². The summed E-state index contributed by atoms with van der Waals surface area (Å²) in [4.78, 5) is 20.5. The van der Waals surface area contributed by atoms with Gasteiger partial charge in [0.2, 0.25) is 10.0 Å². The van der Waals surface area contributed by atoms with Crippen molar-refractivity contribution in [3.05, 3.63) is 72.2 Å². The molecule has 3 rings (SSSR count). The molecule has 0 atom stereocenters. The van der Waals surface area contributed by atoms with Crippen LogP contribution in [0.4, 0.5) is 16.3 Å². The summed E-state index contributed by atoms with van der Waals surface area (Å²) in [6, 6.07) is 12.6. The Morgan fingerprint density at radius 1 is 1.03 bits per heavy atom. The largest absolute Gasteiger partial charge is 0.495 e. The molecule has 0 saturated heterocycles. The van der Waals surface area contributed by atoms with Crippen molar-refractivity contribution in [2.75, 3.05) is 17.7 Å². The van der Waals surface area contributed by atoms with Gasteiger partial charge in [-0.1, -0.05) is 24.3 Å². The normalized spacial score (nSPS) is 11.0. The zero-order valence-electron chi connectivity index (χ0n) is 16.4. The lowest BCUT2D eigenvalue weighted by atomic mass is 10.2. The zero-order valence-corrected chi connectivity index (χ0v) is 17.2. The van der Waals surface area contributed by atoms with E-state index in [0.717, 1.165) is 5.69 Å². The number of nitrogens with zero attached hydrogens (tertiary/aromatic N) is 2. The van der Waals surface area contributed by atoms with Crippen LogP contribution in [0.1, 0.15) is 11.3 Å². The van der Waals surface area contributed by atoms with E-state index in [2.05, 4.69) is 25.3 Å². The minimum atomic E-state index is -3.63. The van der Waals surface area contributed by atoms with Gasteiger partial charge in [0.15, 0.2) is 5.82 Å². The van der Waals surface area contributed by atoms with Crippen LogP contribution >= 0.6 is 0 Å². The summed E-state index contributed by atoms with van der Waals surface area (Å²) in [5, 5.41) is 5.24. The standard InChI is InChI=1S/C20H21N5O4S/c1-14-11-22-19(13-21-14)25-20(26)24-17-9-8-15(10-18(17)29-2)12-23-30(27,28)16-6-4-3-5-7-16/h3-11,13,23H,12H2,1-2H3,(H2,22,24,25,26). The molecule has 3 N–H and O–H groups in total. The average molecular weight is 427 g/mol. The Balaban J connectivity index is 1.65. The number of methoxy groups -OCH3 is 1. The van der Waals surface area contributed by atoms with Gasteiger partial charge in [-0.15, -0.1) is 0 Å². The molecular weight excluding hydrogens is 406 g/mol. The number of ether oxygens (including phenoxy) is 1. The summed E-state index contributed by atoms with van der Waals surface area (Å²) in [5.74, 6) is 0.695. The maximum Gasteiger partial charge on any atom is 0.324 e. The molecule has 156 valence electrons. The number of hydrogen-bond donors (Lipinski definition) is 3. The highest BCUT2D eigenvalue weighted by molar-refractivity contribution is 7.89. The Hall–Kier alpha value is -3.50. The van der Waals surface area contributed by atoms with Crippen LogP contribution in [0.25, 0.3) is 0 Å². The molecule has 0 aliphatic carbocycles. The number of amides is 2. The van der Waals surface area contributed by atoms with Crippen LogP contribution in [0.2, 0.25) is 0 Å². The molecule has 0 fully saturated rings. The molecule has 0 aliphatic heterocycles. The minimum absolute atomic E-state index is 0.0685. The molecule has 3 aromatic rings. The van der Waals surface area contributed by atoms with Crippen molar-refractivity contribution in [1.82, 2.24) is 14.7 Å². The number of hydrogen-bond acceptors (Lipinski definition) is 6. The number of urea groups is 1. The second-order valence-corrected chi connectivity index (χ2v) is 8.06. The van der Waals surface area contributed by atoms with Crippen LogP contribution in [0, 0.1) is 6.92 Å². The molecule has 30 heavy (non-hydrogen) atoms. The molecule has 1 aromatic heterocycles. The van der Waals surface area contributed by atoms with Crippen molar-refractivity contribution in [2.24, 2.45) is 0 Å². The molecular formula is C20H21N5O4S. The van der Waals surface area contributed by atoms with E-state index >= 15 is 0 Å². The molecule has 2 aromatic carbocycles. The van der Waals surface area contributed by atoms with Crippen LogP contribution in [0.5, 0.6) is 5.75 Å². The fraction of sp³-hybridized carbons (Fsp3) is 0.150. The van der Waals surface area contributed by atoms with Gasteiger partial charge in [0, 0.05) is 6.54 Å². The second-order valence-electron chi connectivity index (χ2n) is 6.29. The Bertz CT molecular complexity index is 1120. The predicted octanol–water partition coefficient (Wildman–Crippen LogP) is 2.92. The first-order valence-electron chi connectivity index (χ1n) is 8.95. The molecule has 0 spiro atoms. The van der Waals surface area contributed by atoms with Crippen LogP contribution < -0.4 is 20.1 Å². The van der Waals surface area contributed by atoms with Crippen molar-refractivity contribution in [3.8, 4) is 5.75 Å². The van der Waals surface area contributed by atoms with Gasteiger partial charge in [-0.05, 0) is 36.8 Å². The van der Waals surface area contributed by atoms with Crippen molar-refractivity contribution in [1.29, 1.82) is 0 Å². The highest BCUT2D eigenvalue weighted by atomic mass is 32.2. The summed E-state index contributed by atoms with van der Waals surface area (Å²) < 4.78 is 32.6. The van der Waals surface area contributed by atoms with Gasteiger partial charge >= 0.3 is 6.03 Å². The van der Waals surface area contributed by atoms with Gasteiger partial charge in [0.05, 0.1) is 35.8 Å². The fourth-order valence-electron chi connectivity index (χ4n) is 2.54. The quantitative estimate of drug-likeness (QED) is 0.533. The van der Waals surface area contributed by atoms with Crippen LogP contribution in [0.15, 0.2) is 65.8 Å². The first kappa shape index (κ1) is 21.2. The maximum atomic E-state index is 12.3.